The second-order valence-electron chi connectivity index (χ2n) is 8.28. The Balaban J connectivity index is 1.32. The summed E-state index contributed by atoms with van der Waals surface area (Å²) >= 11 is 1.31. The minimum Gasteiger partial charge on any atom is -0.454 e. The van der Waals surface area contributed by atoms with Crippen molar-refractivity contribution in [2.75, 3.05) is 28.9 Å². The van der Waals surface area contributed by atoms with Gasteiger partial charge in [0, 0.05) is 40.9 Å². The SMILES string of the molecule is CC(=O)Nc1nc(-c2ccc(NC(=O)CN(C(=O)c3ccc(F)cc3)c3ccc4c(c3)OCO4)cc2)cs1. The van der Waals surface area contributed by atoms with Gasteiger partial charge in [-0.3, -0.25) is 19.3 Å². The smallest absolute Gasteiger partial charge is 0.258 e. The van der Waals surface area contributed by atoms with Crippen molar-refractivity contribution in [3.63, 3.8) is 0 Å². The van der Waals surface area contributed by atoms with Crippen molar-refractivity contribution < 1.29 is 28.2 Å². The van der Waals surface area contributed by atoms with Crippen LogP contribution in [0.25, 0.3) is 11.3 Å². The van der Waals surface area contributed by atoms with Gasteiger partial charge in [-0.2, -0.15) is 0 Å². The number of carbonyl (C=O) groups excluding carboxylic acids is 3. The molecule has 3 amide bonds. The third kappa shape index (κ3) is 5.62. The highest BCUT2D eigenvalue weighted by Gasteiger charge is 2.24. The number of anilines is 3. The molecular formula is C27H21FN4O5S. The largest absolute Gasteiger partial charge is 0.454 e. The van der Waals surface area contributed by atoms with E-state index < -0.39 is 17.6 Å². The van der Waals surface area contributed by atoms with E-state index in [-0.39, 0.29) is 24.8 Å². The van der Waals surface area contributed by atoms with E-state index in [1.54, 1.807) is 42.5 Å². The van der Waals surface area contributed by atoms with Gasteiger partial charge in [-0.05, 0) is 48.5 Å². The zero-order valence-corrected chi connectivity index (χ0v) is 20.9. The summed E-state index contributed by atoms with van der Waals surface area (Å²) in [6.45, 7) is 1.18. The number of nitrogens with one attached hydrogen (secondary N) is 2. The fraction of sp³-hybridized carbons (Fsp3) is 0.111. The molecule has 1 aliphatic rings. The monoisotopic (exact) mass is 532 g/mol. The lowest BCUT2D eigenvalue weighted by Gasteiger charge is -2.23. The van der Waals surface area contributed by atoms with Gasteiger partial charge >= 0.3 is 0 Å². The molecular weight excluding hydrogens is 511 g/mol. The molecule has 9 nitrogen and oxygen atoms in total. The van der Waals surface area contributed by atoms with E-state index in [0.717, 1.165) is 5.56 Å². The molecule has 0 bridgehead atoms. The summed E-state index contributed by atoms with van der Waals surface area (Å²) in [7, 11) is 0. The third-order valence-electron chi connectivity index (χ3n) is 5.56. The van der Waals surface area contributed by atoms with Crippen LogP contribution in [0, 0.1) is 5.82 Å². The quantitative estimate of drug-likeness (QED) is 0.350. The highest BCUT2D eigenvalue weighted by molar-refractivity contribution is 7.14. The van der Waals surface area contributed by atoms with Gasteiger partial charge in [0.1, 0.15) is 12.4 Å². The zero-order chi connectivity index (χ0) is 26.6. The van der Waals surface area contributed by atoms with Crippen LogP contribution in [0.4, 0.5) is 20.9 Å². The van der Waals surface area contributed by atoms with E-state index in [0.29, 0.717) is 33.7 Å². The summed E-state index contributed by atoms with van der Waals surface area (Å²) in [5, 5.41) is 7.77. The standard InChI is InChI=1S/C27H21FN4O5S/c1-16(33)29-27-31-22(14-38-27)17-4-8-20(9-5-17)30-25(34)13-32(26(35)18-2-6-19(28)7-3-18)21-10-11-23-24(12-21)37-15-36-23/h2-12,14H,13,15H2,1H3,(H,30,34)(H,29,31,33). The molecule has 0 unspecified atom stereocenters. The predicted molar refractivity (Wildman–Crippen MR) is 141 cm³/mol. The zero-order valence-electron chi connectivity index (χ0n) is 20.1. The number of ether oxygens (including phenoxy) is 2. The van der Waals surface area contributed by atoms with Gasteiger partial charge in [0.15, 0.2) is 16.6 Å². The number of fused-ring (bicyclic) bond motifs is 1. The summed E-state index contributed by atoms with van der Waals surface area (Å²) in [5.74, 6) is -0.589. The molecule has 0 atom stereocenters. The molecule has 0 saturated heterocycles. The van der Waals surface area contributed by atoms with Gasteiger partial charge in [0.2, 0.25) is 18.6 Å². The fourth-order valence-corrected chi connectivity index (χ4v) is 4.53. The first-order chi connectivity index (χ1) is 18.4. The first-order valence-electron chi connectivity index (χ1n) is 11.5. The maximum atomic E-state index is 13.4. The Morgan fingerprint density at radius 1 is 0.974 bits per heavy atom. The number of rotatable bonds is 7. The molecule has 0 saturated carbocycles. The molecule has 1 aliphatic heterocycles. The molecule has 3 aromatic carbocycles. The highest BCUT2D eigenvalue weighted by atomic mass is 32.1. The predicted octanol–water partition coefficient (Wildman–Crippen LogP) is 4.92. The maximum Gasteiger partial charge on any atom is 0.258 e. The van der Waals surface area contributed by atoms with E-state index in [1.807, 2.05) is 5.38 Å². The summed E-state index contributed by atoms with van der Waals surface area (Å²) in [4.78, 5) is 43.2. The van der Waals surface area contributed by atoms with Crippen LogP contribution >= 0.6 is 11.3 Å². The molecule has 0 spiro atoms. The second kappa shape index (κ2) is 10.7. The number of aromatic nitrogens is 1. The average Bonchev–Trinajstić information content (AvgIpc) is 3.56. The number of amides is 3. The lowest BCUT2D eigenvalue weighted by molar-refractivity contribution is -0.115. The van der Waals surface area contributed by atoms with E-state index in [2.05, 4.69) is 15.6 Å². The molecule has 0 radical (unpaired) electrons. The van der Waals surface area contributed by atoms with Gasteiger partial charge in [0.05, 0.1) is 5.69 Å². The lowest BCUT2D eigenvalue weighted by atomic mass is 10.1. The van der Waals surface area contributed by atoms with Crippen LogP contribution in [-0.4, -0.2) is 36.0 Å². The Morgan fingerprint density at radius 2 is 1.71 bits per heavy atom. The second-order valence-corrected chi connectivity index (χ2v) is 9.14. The molecule has 2 heterocycles. The van der Waals surface area contributed by atoms with Crippen LogP contribution in [0.1, 0.15) is 17.3 Å². The number of hydrogen-bond acceptors (Lipinski definition) is 7. The normalized spacial score (nSPS) is 11.6. The molecule has 38 heavy (non-hydrogen) atoms. The van der Waals surface area contributed by atoms with Crippen molar-refractivity contribution in [3.05, 3.63) is 83.5 Å². The van der Waals surface area contributed by atoms with Crippen LogP contribution in [0.15, 0.2) is 72.1 Å². The molecule has 192 valence electrons. The summed E-state index contributed by atoms with van der Waals surface area (Å²) in [6.07, 6.45) is 0. The Kier molecular flexibility index (Phi) is 7.00. The van der Waals surface area contributed by atoms with Crippen LogP contribution < -0.4 is 25.0 Å². The number of thiazole rings is 1. The molecule has 11 heteroatoms. The van der Waals surface area contributed by atoms with Gasteiger partial charge in [0.25, 0.3) is 5.91 Å². The molecule has 0 aliphatic carbocycles. The minimum absolute atomic E-state index is 0.0661. The van der Waals surface area contributed by atoms with Crippen LogP contribution in [0.5, 0.6) is 11.5 Å². The highest BCUT2D eigenvalue weighted by Crippen LogP contribution is 2.36. The van der Waals surface area contributed by atoms with Crippen LogP contribution in [0.2, 0.25) is 0 Å². The van der Waals surface area contributed by atoms with Gasteiger partial charge < -0.3 is 20.1 Å². The van der Waals surface area contributed by atoms with Crippen molar-refractivity contribution in [2.24, 2.45) is 0 Å². The first kappa shape index (κ1) is 24.9. The van der Waals surface area contributed by atoms with Crippen molar-refractivity contribution in [1.29, 1.82) is 0 Å². The Hall–Kier alpha value is -4.77. The van der Waals surface area contributed by atoms with E-state index in [4.69, 9.17) is 9.47 Å². The van der Waals surface area contributed by atoms with Crippen LogP contribution in [0.3, 0.4) is 0 Å². The fourth-order valence-electron chi connectivity index (χ4n) is 3.76. The van der Waals surface area contributed by atoms with E-state index >= 15 is 0 Å². The van der Waals surface area contributed by atoms with Gasteiger partial charge in [-0.15, -0.1) is 11.3 Å². The maximum absolute atomic E-state index is 13.4. The molecule has 5 rings (SSSR count). The summed E-state index contributed by atoms with van der Waals surface area (Å²) < 4.78 is 24.2. The first-order valence-corrected chi connectivity index (χ1v) is 12.3. The average molecular weight is 533 g/mol. The van der Waals surface area contributed by atoms with Gasteiger partial charge in [-0.1, -0.05) is 12.1 Å². The topological polar surface area (TPSA) is 110 Å². The molecule has 4 aromatic rings. The number of nitrogens with zero attached hydrogens (tertiary/aromatic N) is 2. The Labute approximate surface area is 220 Å². The van der Waals surface area contributed by atoms with Crippen LogP contribution in [-0.2, 0) is 9.59 Å². The van der Waals surface area contributed by atoms with E-state index in [9.17, 15) is 18.8 Å². The number of benzene rings is 3. The van der Waals surface area contributed by atoms with Gasteiger partial charge in [-0.25, -0.2) is 9.37 Å². The number of carbonyl (C=O) groups is 3. The van der Waals surface area contributed by atoms with Crippen molar-refractivity contribution in [2.45, 2.75) is 6.92 Å². The summed E-state index contributed by atoms with van der Waals surface area (Å²) in [6, 6.07) is 17.1. The lowest BCUT2D eigenvalue weighted by Crippen LogP contribution is -2.38. The van der Waals surface area contributed by atoms with Crippen molar-refractivity contribution in [1.82, 2.24) is 4.98 Å². The number of hydrogen-bond donors (Lipinski definition) is 2. The molecule has 1 aromatic heterocycles. The molecule has 2 N–H and O–H groups in total. The Morgan fingerprint density at radius 3 is 2.45 bits per heavy atom. The Bertz CT molecular complexity index is 1500. The van der Waals surface area contributed by atoms with Crippen molar-refractivity contribution in [3.8, 4) is 22.8 Å². The van der Waals surface area contributed by atoms with Crippen molar-refractivity contribution >= 4 is 45.6 Å². The third-order valence-corrected chi connectivity index (χ3v) is 6.32. The van der Waals surface area contributed by atoms with E-state index in [1.165, 1.54) is 47.4 Å². The summed E-state index contributed by atoms with van der Waals surface area (Å²) in [5.41, 5.74) is 2.67. The minimum atomic E-state index is -0.479. The molecule has 0 fully saturated rings. The number of halogens is 1.